The number of hydrogen-bond acceptors (Lipinski definition) is 4. The quantitative estimate of drug-likeness (QED) is 0.737. The summed E-state index contributed by atoms with van der Waals surface area (Å²) in [6, 6.07) is 5.76. The minimum atomic E-state index is -0.379. The third-order valence-corrected chi connectivity index (χ3v) is 2.67. The first-order valence-electron chi connectivity index (χ1n) is 6.43. The first-order valence-corrected chi connectivity index (χ1v) is 6.43. The van der Waals surface area contributed by atoms with E-state index in [1.807, 2.05) is 0 Å². The number of halogens is 1. The average molecular weight is 285 g/mol. The van der Waals surface area contributed by atoms with Crippen molar-refractivity contribution in [1.82, 2.24) is 4.90 Å². The number of rotatable bonds is 9. The van der Waals surface area contributed by atoms with Crippen LogP contribution in [0.15, 0.2) is 24.3 Å². The maximum absolute atomic E-state index is 12.9. The van der Waals surface area contributed by atoms with Crippen LogP contribution in [0.25, 0.3) is 0 Å². The van der Waals surface area contributed by atoms with Crippen LogP contribution in [-0.4, -0.2) is 55.9 Å². The maximum atomic E-state index is 12.9. The summed E-state index contributed by atoms with van der Waals surface area (Å²) >= 11 is 0. The van der Waals surface area contributed by atoms with Gasteiger partial charge in [0, 0.05) is 26.3 Å². The Morgan fingerprint density at radius 2 is 2.15 bits per heavy atom. The van der Waals surface area contributed by atoms with Crippen LogP contribution in [0.1, 0.15) is 6.42 Å². The molecular weight excluding hydrogens is 265 g/mol. The van der Waals surface area contributed by atoms with Crippen LogP contribution in [0, 0.1) is 5.82 Å². The second kappa shape index (κ2) is 9.28. The number of amides is 1. The molecule has 0 unspecified atom stereocenters. The minimum absolute atomic E-state index is 0.0970. The number of hydrogen-bond donors (Lipinski definition) is 1. The Bertz CT molecular complexity index is 414. The molecule has 1 amide bonds. The molecule has 6 heteroatoms. The third kappa shape index (κ3) is 5.99. The standard InChI is InChI=1S/C14H20FNO4/c1-19-10-7-16(6-8-17)14(18)5-9-20-13-4-2-3-12(15)11-13/h2-4,11,17H,5-10H2,1H3. The van der Waals surface area contributed by atoms with Crippen LogP contribution in [0.2, 0.25) is 0 Å². The first kappa shape index (κ1) is 16.4. The molecule has 0 radical (unpaired) electrons. The van der Waals surface area contributed by atoms with Crippen LogP contribution in [0.3, 0.4) is 0 Å². The van der Waals surface area contributed by atoms with Crippen LogP contribution < -0.4 is 4.74 Å². The lowest BCUT2D eigenvalue weighted by atomic mass is 10.3. The number of methoxy groups -OCH3 is 1. The zero-order chi connectivity index (χ0) is 14.8. The smallest absolute Gasteiger partial charge is 0.226 e. The molecule has 1 N–H and O–H groups in total. The molecule has 0 aliphatic heterocycles. The number of benzene rings is 1. The summed E-state index contributed by atoms with van der Waals surface area (Å²) in [4.78, 5) is 13.4. The highest BCUT2D eigenvalue weighted by Gasteiger charge is 2.12. The van der Waals surface area contributed by atoms with Gasteiger partial charge in [0.2, 0.25) is 5.91 Å². The largest absolute Gasteiger partial charge is 0.493 e. The van der Waals surface area contributed by atoms with Gasteiger partial charge >= 0.3 is 0 Å². The van der Waals surface area contributed by atoms with Crippen molar-refractivity contribution in [1.29, 1.82) is 0 Å². The predicted molar refractivity (Wildman–Crippen MR) is 72.1 cm³/mol. The van der Waals surface area contributed by atoms with Gasteiger partial charge < -0.3 is 19.5 Å². The Hall–Kier alpha value is -1.66. The zero-order valence-corrected chi connectivity index (χ0v) is 11.5. The molecule has 5 nitrogen and oxygen atoms in total. The first-order chi connectivity index (χ1) is 9.67. The zero-order valence-electron chi connectivity index (χ0n) is 11.5. The van der Waals surface area contributed by atoms with Gasteiger partial charge in [-0.05, 0) is 12.1 Å². The van der Waals surface area contributed by atoms with Crippen LogP contribution in [-0.2, 0) is 9.53 Å². The van der Waals surface area contributed by atoms with Crippen molar-refractivity contribution in [3.63, 3.8) is 0 Å². The summed E-state index contributed by atoms with van der Waals surface area (Å²) in [6.45, 7) is 1.17. The summed E-state index contributed by atoms with van der Waals surface area (Å²) in [7, 11) is 1.55. The van der Waals surface area contributed by atoms with Gasteiger partial charge in [0.25, 0.3) is 0 Å². The van der Waals surface area contributed by atoms with Gasteiger partial charge in [-0.15, -0.1) is 0 Å². The monoisotopic (exact) mass is 285 g/mol. The van der Waals surface area contributed by atoms with Gasteiger partial charge in [0.15, 0.2) is 0 Å². The average Bonchev–Trinajstić information content (AvgIpc) is 2.43. The Morgan fingerprint density at radius 3 is 2.80 bits per heavy atom. The summed E-state index contributed by atoms with van der Waals surface area (Å²) in [5, 5.41) is 8.91. The van der Waals surface area contributed by atoms with Crippen molar-refractivity contribution in [3.05, 3.63) is 30.1 Å². The van der Waals surface area contributed by atoms with Gasteiger partial charge in [0.1, 0.15) is 11.6 Å². The van der Waals surface area contributed by atoms with E-state index in [-0.39, 0.29) is 37.9 Å². The molecule has 112 valence electrons. The molecule has 1 rings (SSSR count). The molecule has 0 aromatic heterocycles. The molecule has 0 bridgehead atoms. The van der Waals surface area contributed by atoms with Crippen LogP contribution in [0.4, 0.5) is 4.39 Å². The highest BCUT2D eigenvalue weighted by molar-refractivity contribution is 5.76. The van der Waals surface area contributed by atoms with Gasteiger partial charge in [-0.2, -0.15) is 0 Å². The predicted octanol–water partition coefficient (Wildman–Crippen LogP) is 1.06. The van der Waals surface area contributed by atoms with E-state index in [0.717, 1.165) is 0 Å². The molecule has 0 aliphatic carbocycles. The van der Waals surface area contributed by atoms with Crippen molar-refractivity contribution < 1.29 is 23.8 Å². The van der Waals surface area contributed by atoms with Crippen LogP contribution in [0.5, 0.6) is 5.75 Å². The fourth-order valence-electron chi connectivity index (χ4n) is 1.65. The molecule has 0 saturated carbocycles. The SMILES string of the molecule is COCCN(CCO)C(=O)CCOc1cccc(F)c1. The third-order valence-electron chi connectivity index (χ3n) is 2.67. The fraction of sp³-hybridized carbons (Fsp3) is 0.500. The van der Waals surface area contributed by atoms with Crippen molar-refractivity contribution in [2.24, 2.45) is 0 Å². The summed E-state index contributed by atoms with van der Waals surface area (Å²) in [5.74, 6) is -0.119. The Labute approximate surface area is 117 Å². The molecule has 1 aromatic carbocycles. The van der Waals surface area contributed by atoms with E-state index in [1.165, 1.54) is 17.0 Å². The minimum Gasteiger partial charge on any atom is -0.493 e. The van der Waals surface area contributed by atoms with Gasteiger partial charge in [-0.1, -0.05) is 6.07 Å². The lowest BCUT2D eigenvalue weighted by molar-refractivity contribution is -0.132. The van der Waals surface area contributed by atoms with E-state index >= 15 is 0 Å². The Balaban J connectivity index is 2.36. The molecule has 0 atom stereocenters. The van der Waals surface area contributed by atoms with E-state index in [9.17, 15) is 9.18 Å². The van der Waals surface area contributed by atoms with E-state index in [1.54, 1.807) is 19.2 Å². The normalized spacial score (nSPS) is 10.3. The second-order valence-corrected chi connectivity index (χ2v) is 4.15. The lowest BCUT2D eigenvalue weighted by Crippen LogP contribution is -2.36. The molecule has 1 aromatic rings. The summed E-state index contributed by atoms with van der Waals surface area (Å²) in [6.07, 6.45) is 0.167. The van der Waals surface area contributed by atoms with Gasteiger partial charge in [0.05, 0.1) is 26.2 Å². The second-order valence-electron chi connectivity index (χ2n) is 4.15. The highest BCUT2D eigenvalue weighted by atomic mass is 19.1. The van der Waals surface area contributed by atoms with Crippen molar-refractivity contribution >= 4 is 5.91 Å². The maximum Gasteiger partial charge on any atom is 0.226 e. The van der Waals surface area contributed by atoms with Gasteiger partial charge in [-0.25, -0.2) is 4.39 Å². The fourth-order valence-corrected chi connectivity index (χ4v) is 1.65. The van der Waals surface area contributed by atoms with Crippen molar-refractivity contribution in [2.45, 2.75) is 6.42 Å². The summed E-state index contributed by atoms with van der Waals surface area (Å²) in [5.41, 5.74) is 0. The molecule has 20 heavy (non-hydrogen) atoms. The van der Waals surface area contributed by atoms with Gasteiger partial charge in [-0.3, -0.25) is 4.79 Å². The van der Waals surface area contributed by atoms with E-state index in [0.29, 0.717) is 18.9 Å². The van der Waals surface area contributed by atoms with E-state index in [2.05, 4.69) is 0 Å². The molecule has 0 aliphatic rings. The Morgan fingerprint density at radius 1 is 1.35 bits per heavy atom. The number of carbonyl (C=O) groups excluding carboxylic acids is 1. The van der Waals surface area contributed by atoms with Crippen LogP contribution >= 0.6 is 0 Å². The van der Waals surface area contributed by atoms with Crippen molar-refractivity contribution in [2.75, 3.05) is 40.0 Å². The summed E-state index contributed by atoms with van der Waals surface area (Å²) < 4.78 is 23.1. The number of aliphatic hydroxyl groups is 1. The lowest BCUT2D eigenvalue weighted by Gasteiger charge is -2.21. The number of nitrogens with zero attached hydrogens (tertiary/aromatic N) is 1. The highest BCUT2D eigenvalue weighted by Crippen LogP contribution is 2.12. The number of aliphatic hydroxyl groups excluding tert-OH is 1. The molecule has 0 heterocycles. The topological polar surface area (TPSA) is 59.0 Å². The number of ether oxygens (including phenoxy) is 2. The molecule has 0 fully saturated rings. The molecule has 0 spiro atoms. The van der Waals surface area contributed by atoms with E-state index < -0.39 is 0 Å². The molecule has 0 saturated heterocycles. The Kier molecular flexibility index (Phi) is 7.60. The van der Waals surface area contributed by atoms with E-state index in [4.69, 9.17) is 14.6 Å². The molecular formula is C14H20FNO4. The number of carbonyl (C=O) groups is 1. The van der Waals surface area contributed by atoms with Crippen molar-refractivity contribution in [3.8, 4) is 5.75 Å².